The number of carbonyl (C=O) groups is 1. The maximum Gasteiger partial charge on any atom is 0.328 e. The van der Waals surface area contributed by atoms with Gasteiger partial charge in [0, 0.05) is 39.3 Å². The Morgan fingerprint density at radius 1 is 1.47 bits per heavy atom. The summed E-state index contributed by atoms with van der Waals surface area (Å²) in [4.78, 5) is 36.8. The minimum atomic E-state index is -0.492. The second-order valence-electron chi connectivity index (χ2n) is 3.34. The Bertz CT molecular complexity index is 458. The van der Waals surface area contributed by atoms with Gasteiger partial charge in [0.05, 0.1) is 0 Å². The van der Waals surface area contributed by atoms with Crippen LogP contribution in [0.2, 0.25) is 0 Å². The predicted molar refractivity (Wildman–Crippen MR) is 54.6 cm³/mol. The summed E-state index contributed by atoms with van der Waals surface area (Å²) in [5.74, 6) is -0.0619. The van der Waals surface area contributed by atoms with Crippen LogP contribution in [0.4, 0.5) is 0 Å². The summed E-state index contributed by atoms with van der Waals surface area (Å²) >= 11 is 0. The van der Waals surface area contributed by atoms with E-state index in [1.54, 1.807) is 14.1 Å². The number of H-pyrrole nitrogens is 1. The molecule has 0 aromatic carbocycles. The van der Waals surface area contributed by atoms with Gasteiger partial charge in [0.15, 0.2) is 0 Å². The van der Waals surface area contributed by atoms with E-state index >= 15 is 0 Å². The molecule has 6 nitrogen and oxygen atoms in total. The Labute approximate surface area is 86.1 Å². The SMILES string of the molecule is CN(C)C(=O)CCn1ccc(=O)[nH]c1=O. The van der Waals surface area contributed by atoms with Crippen molar-refractivity contribution in [2.45, 2.75) is 13.0 Å². The van der Waals surface area contributed by atoms with Crippen LogP contribution in [-0.2, 0) is 11.3 Å². The van der Waals surface area contributed by atoms with Crippen LogP contribution in [0, 0.1) is 0 Å². The van der Waals surface area contributed by atoms with Crippen molar-refractivity contribution in [3.63, 3.8) is 0 Å². The lowest BCUT2D eigenvalue weighted by molar-refractivity contribution is -0.128. The van der Waals surface area contributed by atoms with Gasteiger partial charge in [0.25, 0.3) is 5.56 Å². The van der Waals surface area contributed by atoms with E-state index in [1.165, 1.54) is 21.7 Å². The number of hydrogen-bond acceptors (Lipinski definition) is 3. The fourth-order valence-corrected chi connectivity index (χ4v) is 1.06. The van der Waals surface area contributed by atoms with E-state index in [0.29, 0.717) is 0 Å². The van der Waals surface area contributed by atoms with Crippen LogP contribution in [0.1, 0.15) is 6.42 Å². The smallest absolute Gasteiger partial charge is 0.328 e. The number of nitrogens with zero attached hydrogens (tertiary/aromatic N) is 2. The Morgan fingerprint density at radius 3 is 2.67 bits per heavy atom. The Balaban J connectivity index is 2.70. The lowest BCUT2D eigenvalue weighted by Crippen LogP contribution is -2.30. The summed E-state index contributed by atoms with van der Waals surface area (Å²) in [5.41, 5.74) is -0.927. The molecule has 0 aliphatic heterocycles. The number of aromatic nitrogens is 2. The van der Waals surface area contributed by atoms with E-state index in [0.717, 1.165) is 0 Å². The van der Waals surface area contributed by atoms with Gasteiger partial charge < -0.3 is 9.47 Å². The topological polar surface area (TPSA) is 75.2 Å². The molecule has 6 heteroatoms. The molecule has 0 aliphatic carbocycles. The normalized spacial score (nSPS) is 10.0. The second kappa shape index (κ2) is 4.59. The van der Waals surface area contributed by atoms with Crippen molar-refractivity contribution in [1.82, 2.24) is 14.5 Å². The minimum absolute atomic E-state index is 0.0619. The van der Waals surface area contributed by atoms with Gasteiger partial charge in [-0.2, -0.15) is 0 Å². The second-order valence-corrected chi connectivity index (χ2v) is 3.34. The number of carbonyl (C=O) groups excluding carboxylic acids is 1. The number of hydrogen-bond donors (Lipinski definition) is 1. The summed E-state index contributed by atoms with van der Waals surface area (Å²) in [6.45, 7) is 0.270. The van der Waals surface area contributed by atoms with E-state index in [2.05, 4.69) is 4.98 Å². The molecule has 0 atom stereocenters. The first kappa shape index (κ1) is 11.2. The van der Waals surface area contributed by atoms with Gasteiger partial charge in [-0.05, 0) is 0 Å². The summed E-state index contributed by atoms with van der Waals surface area (Å²) in [6.07, 6.45) is 1.61. The van der Waals surface area contributed by atoms with Gasteiger partial charge in [0.1, 0.15) is 0 Å². The van der Waals surface area contributed by atoms with E-state index in [9.17, 15) is 14.4 Å². The van der Waals surface area contributed by atoms with Gasteiger partial charge >= 0.3 is 5.69 Å². The summed E-state index contributed by atoms with van der Waals surface area (Å²) in [7, 11) is 3.30. The van der Waals surface area contributed by atoms with E-state index in [4.69, 9.17) is 0 Å². The molecule has 1 N–H and O–H groups in total. The third kappa shape index (κ3) is 3.08. The van der Waals surface area contributed by atoms with E-state index < -0.39 is 11.2 Å². The monoisotopic (exact) mass is 211 g/mol. The predicted octanol–water partition coefficient (Wildman–Crippen LogP) is -0.985. The van der Waals surface area contributed by atoms with Crippen molar-refractivity contribution in [3.05, 3.63) is 33.1 Å². The maximum atomic E-state index is 11.2. The van der Waals surface area contributed by atoms with Crippen molar-refractivity contribution >= 4 is 5.91 Å². The molecule has 1 heterocycles. The largest absolute Gasteiger partial charge is 0.349 e. The molecule has 0 aliphatic rings. The minimum Gasteiger partial charge on any atom is -0.349 e. The van der Waals surface area contributed by atoms with Gasteiger partial charge in [-0.1, -0.05) is 0 Å². The van der Waals surface area contributed by atoms with E-state index in [-0.39, 0.29) is 18.9 Å². The fourth-order valence-electron chi connectivity index (χ4n) is 1.06. The Morgan fingerprint density at radius 2 is 2.13 bits per heavy atom. The third-order valence-electron chi connectivity index (χ3n) is 1.96. The molecular formula is C9H13N3O3. The zero-order chi connectivity index (χ0) is 11.4. The molecule has 0 bridgehead atoms. The number of amides is 1. The van der Waals surface area contributed by atoms with Crippen LogP contribution >= 0.6 is 0 Å². The fraction of sp³-hybridized carbons (Fsp3) is 0.444. The number of rotatable bonds is 3. The lowest BCUT2D eigenvalue weighted by Gasteiger charge is -2.10. The number of nitrogens with one attached hydrogen (secondary N) is 1. The standard InChI is InChI=1S/C9H13N3O3/c1-11(2)8(14)4-6-12-5-3-7(13)10-9(12)15/h3,5H,4,6H2,1-2H3,(H,10,13,15). The Kier molecular flexibility index (Phi) is 3.43. The van der Waals surface area contributed by atoms with E-state index in [1.807, 2.05) is 0 Å². The average Bonchev–Trinajstić information content (AvgIpc) is 2.15. The van der Waals surface area contributed by atoms with Crippen LogP contribution < -0.4 is 11.2 Å². The molecule has 1 rings (SSSR count). The van der Waals surface area contributed by atoms with Gasteiger partial charge in [0.2, 0.25) is 5.91 Å². The molecule has 1 aromatic heterocycles. The summed E-state index contributed by atoms with van der Waals surface area (Å²) < 4.78 is 1.29. The molecule has 1 aromatic rings. The van der Waals surface area contributed by atoms with Crippen LogP contribution in [0.25, 0.3) is 0 Å². The molecule has 0 saturated heterocycles. The number of aromatic amines is 1. The van der Waals surface area contributed by atoms with Gasteiger partial charge in [-0.15, -0.1) is 0 Å². The molecule has 0 radical (unpaired) electrons. The first-order valence-electron chi connectivity index (χ1n) is 4.50. The van der Waals surface area contributed by atoms with Crippen molar-refractivity contribution in [2.75, 3.05) is 14.1 Å². The first-order valence-corrected chi connectivity index (χ1v) is 4.50. The van der Waals surface area contributed by atoms with Gasteiger partial charge in [-0.25, -0.2) is 4.79 Å². The van der Waals surface area contributed by atoms with Crippen LogP contribution in [0.3, 0.4) is 0 Å². The summed E-state index contributed by atoms with van der Waals surface area (Å²) in [6, 6.07) is 1.25. The van der Waals surface area contributed by atoms with Crippen LogP contribution in [0.15, 0.2) is 21.9 Å². The van der Waals surface area contributed by atoms with Crippen molar-refractivity contribution in [2.24, 2.45) is 0 Å². The number of aryl methyl sites for hydroxylation is 1. The molecule has 0 fully saturated rings. The van der Waals surface area contributed by atoms with Gasteiger partial charge in [-0.3, -0.25) is 14.6 Å². The Hall–Kier alpha value is -1.85. The first-order chi connectivity index (χ1) is 7.00. The highest BCUT2D eigenvalue weighted by atomic mass is 16.2. The zero-order valence-corrected chi connectivity index (χ0v) is 8.69. The molecular weight excluding hydrogens is 198 g/mol. The highest BCUT2D eigenvalue weighted by Gasteiger charge is 2.04. The lowest BCUT2D eigenvalue weighted by atomic mass is 10.4. The van der Waals surface area contributed by atoms with Crippen molar-refractivity contribution in [3.8, 4) is 0 Å². The van der Waals surface area contributed by atoms with Crippen LogP contribution in [-0.4, -0.2) is 34.5 Å². The molecule has 0 saturated carbocycles. The molecule has 15 heavy (non-hydrogen) atoms. The maximum absolute atomic E-state index is 11.2. The molecule has 0 spiro atoms. The average molecular weight is 211 g/mol. The quantitative estimate of drug-likeness (QED) is 0.697. The van der Waals surface area contributed by atoms with Crippen molar-refractivity contribution < 1.29 is 4.79 Å². The van der Waals surface area contributed by atoms with Crippen molar-refractivity contribution in [1.29, 1.82) is 0 Å². The molecule has 82 valence electrons. The highest BCUT2D eigenvalue weighted by Crippen LogP contribution is 1.89. The third-order valence-corrected chi connectivity index (χ3v) is 1.96. The molecule has 0 unspecified atom stereocenters. The highest BCUT2D eigenvalue weighted by molar-refractivity contribution is 5.75. The van der Waals surface area contributed by atoms with Crippen LogP contribution in [0.5, 0.6) is 0 Å². The summed E-state index contributed by atoms with van der Waals surface area (Å²) in [5, 5.41) is 0. The zero-order valence-electron chi connectivity index (χ0n) is 8.69. The molecule has 1 amide bonds.